The van der Waals surface area contributed by atoms with Crippen LogP contribution in [0, 0.1) is 11.6 Å². The van der Waals surface area contributed by atoms with E-state index in [4.69, 9.17) is 4.74 Å². The molecule has 0 radical (unpaired) electrons. The molecule has 2 rings (SSSR count). The van der Waals surface area contributed by atoms with Crippen LogP contribution in [0.3, 0.4) is 0 Å². The number of carbonyl (C=O) groups excluding carboxylic acids is 2. The van der Waals surface area contributed by atoms with Gasteiger partial charge in [0.1, 0.15) is 12.4 Å². The van der Waals surface area contributed by atoms with Gasteiger partial charge in [0.25, 0.3) is 5.91 Å². The molecule has 24 heavy (non-hydrogen) atoms. The van der Waals surface area contributed by atoms with E-state index in [-0.39, 0.29) is 18.2 Å². The maximum absolute atomic E-state index is 13.5. The van der Waals surface area contributed by atoms with Gasteiger partial charge in [-0.25, -0.2) is 8.78 Å². The number of amides is 2. The molecule has 2 N–H and O–H groups in total. The lowest BCUT2D eigenvalue weighted by Crippen LogP contribution is -2.30. The molecule has 2 aromatic rings. The fraction of sp³-hybridized carbons (Fsp3) is 0.267. The molecule has 0 spiro atoms. The van der Waals surface area contributed by atoms with Crippen molar-refractivity contribution in [3.05, 3.63) is 42.2 Å². The molecule has 1 aromatic carbocycles. The number of benzene rings is 1. The van der Waals surface area contributed by atoms with Gasteiger partial charge in [0.15, 0.2) is 17.7 Å². The van der Waals surface area contributed by atoms with Gasteiger partial charge in [0.2, 0.25) is 5.91 Å². The molecule has 0 aliphatic heterocycles. The first-order valence-corrected chi connectivity index (χ1v) is 7.04. The van der Waals surface area contributed by atoms with E-state index in [9.17, 15) is 18.4 Å². The zero-order chi connectivity index (χ0) is 17.7. The molecule has 0 saturated carbocycles. The molecule has 9 heteroatoms. The van der Waals surface area contributed by atoms with Gasteiger partial charge < -0.3 is 15.4 Å². The van der Waals surface area contributed by atoms with E-state index in [1.807, 2.05) is 0 Å². The van der Waals surface area contributed by atoms with Gasteiger partial charge in [-0.1, -0.05) is 0 Å². The molecule has 1 atom stereocenters. The van der Waals surface area contributed by atoms with Crippen molar-refractivity contribution in [2.45, 2.75) is 19.6 Å². The number of hydrogen-bond acceptors (Lipinski definition) is 4. The summed E-state index contributed by atoms with van der Waals surface area (Å²) in [5.41, 5.74) is 0.360. The molecule has 1 unspecified atom stereocenters. The van der Waals surface area contributed by atoms with Gasteiger partial charge in [0, 0.05) is 19.3 Å². The van der Waals surface area contributed by atoms with Crippen molar-refractivity contribution in [2.24, 2.45) is 0 Å². The van der Waals surface area contributed by atoms with Crippen molar-refractivity contribution in [1.29, 1.82) is 0 Å². The number of nitrogens with zero attached hydrogens (tertiary/aromatic N) is 2. The van der Waals surface area contributed by atoms with Gasteiger partial charge in [-0.05, 0) is 19.1 Å². The quantitative estimate of drug-likeness (QED) is 0.832. The average molecular weight is 338 g/mol. The first kappa shape index (κ1) is 17.4. The van der Waals surface area contributed by atoms with Crippen LogP contribution in [0.1, 0.15) is 6.92 Å². The second kappa shape index (κ2) is 7.53. The third kappa shape index (κ3) is 4.51. The van der Waals surface area contributed by atoms with Crippen molar-refractivity contribution in [3.63, 3.8) is 0 Å². The standard InChI is InChI=1S/C15H16F2N4O3/c1-9(24-13-4-3-10(16)5-12(13)17)15(23)20-11-6-19-21(7-11)8-14(22)18-2/h3-7,9H,8H2,1-2H3,(H,18,22)(H,20,23). The Labute approximate surface area is 136 Å². The Balaban J connectivity index is 1.95. The van der Waals surface area contributed by atoms with Crippen LogP contribution in [-0.4, -0.2) is 34.7 Å². The molecule has 0 aliphatic rings. The van der Waals surface area contributed by atoms with E-state index in [0.717, 1.165) is 12.1 Å². The molecule has 7 nitrogen and oxygen atoms in total. The molecule has 1 heterocycles. The smallest absolute Gasteiger partial charge is 0.265 e. The number of rotatable bonds is 6. The van der Waals surface area contributed by atoms with E-state index in [0.29, 0.717) is 11.8 Å². The maximum Gasteiger partial charge on any atom is 0.265 e. The van der Waals surface area contributed by atoms with Crippen LogP contribution < -0.4 is 15.4 Å². The van der Waals surface area contributed by atoms with Crippen LogP contribution in [0.15, 0.2) is 30.6 Å². The fourth-order valence-corrected chi connectivity index (χ4v) is 1.80. The number of carbonyl (C=O) groups is 2. The summed E-state index contributed by atoms with van der Waals surface area (Å²) in [5, 5.41) is 8.90. The van der Waals surface area contributed by atoms with Gasteiger partial charge in [-0.2, -0.15) is 5.10 Å². The number of ether oxygens (including phenoxy) is 1. The van der Waals surface area contributed by atoms with E-state index >= 15 is 0 Å². The summed E-state index contributed by atoms with van der Waals surface area (Å²) in [6.07, 6.45) is 1.82. The van der Waals surface area contributed by atoms with E-state index in [1.54, 1.807) is 0 Å². The van der Waals surface area contributed by atoms with Gasteiger partial charge >= 0.3 is 0 Å². The van der Waals surface area contributed by atoms with Crippen molar-refractivity contribution < 1.29 is 23.1 Å². The Morgan fingerprint density at radius 2 is 2.12 bits per heavy atom. The van der Waals surface area contributed by atoms with Crippen molar-refractivity contribution in [2.75, 3.05) is 12.4 Å². The van der Waals surface area contributed by atoms with E-state index in [1.165, 1.54) is 31.0 Å². The Morgan fingerprint density at radius 3 is 2.79 bits per heavy atom. The Kier molecular flexibility index (Phi) is 5.46. The van der Waals surface area contributed by atoms with Crippen LogP contribution >= 0.6 is 0 Å². The van der Waals surface area contributed by atoms with Gasteiger partial charge in [-0.15, -0.1) is 0 Å². The van der Waals surface area contributed by atoms with Gasteiger partial charge in [0.05, 0.1) is 11.9 Å². The predicted molar refractivity (Wildman–Crippen MR) is 81.4 cm³/mol. The number of hydrogen-bond donors (Lipinski definition) is 2. The average Bonchev–Trinajstić information content (AvgIpc) is 2.96. The summed E-state index contributed by atoms with van der Waals surface area (Å²) in [6.45, 7) is 1.44. The normalized spacial score (nSPS) is 11.7. The largest absolute Gasteiger partial charge is 0.478 e. The van der Waals surface area contributed by atoms with Crippen LogP contribution in [0.4, 0.5) is 14.5 Å². The van der Waals surface area contributed by atoms with Crippen molar-refractivity contribution >= 4 is 17.5 Å². The van der Waals surface area contributed by atoms with Crippen LogP contribution in [-0.2, 0) is 16.1 Å². The number of anilines is 1. The molecule has 1 aromatic heterocycles. The molecule has 2 amide bonds. The maximum atomic E-state index is 13.5. The highest BCUT2D eigenvalue weighted by molar-refractivity contribution is 5.93. The SMILES string of the molecule is CNC(=O)Cn1cc(NC(=O)C(C)Oc2ccc(F)cc2F)cn1. The van der Waals surface area contributed by atoms with Crippen LogP contribution in [0.5, 0.6) is 5.75 Å². The topological polar surface area (TPSA) is 85.2 Å². The lowest BCUT2D eigenvalue weighted by molar-refractivity contribution is -0.122. The van der Waals surface area contributed by atoms with E-state index < -0.39 is 23.6 Å². The summed E-state index contributed by atoms with van der Waals surface area (Å²) >= 11 is 0. The third-order valence-electron chi connectivity index (χ3n) is 3.05. The fourth-order valence-electron chi connectivity index (χ4n) is 1.80. The molecule has 0 bridgehead atoms. The van der Waals surface area contributed by atoms with Crippen LogP contribution in [0.2, 0.25) is 0 Å². The first-order chi connectivity index (χ1) is 11.4. The highest BCUT2D eigenvalue weighted by atomic mass is 19.1. The van der Waals surface area contributed by atoms with Crippen molar-refractivity contribution in [1.82, 2.24) is 15.1 Å². The second-order valence-corrected chi connectivity index (χ2v) is 4.92. The van der Waals surface area contributed by atoms with E-state index in [2.05, 4.69) is 15.7 Å². The third-order valence-corrected chi connectivity index (χ3v) is 3.05. The minimum Gasteiger partial charge on any atom is -0.478 e. The number of aromatic nitrogens is 2. The monoisotopic (exact) mass is 338 g/mol. The van der Waals surface area contributed by atoms with Gasteiger partial charge in [-0.3, -0.25) is 14.3 Å². The van der Waals surface area contributed by atoms with Crippen LogP contribution in [0.25, 0.3) is 0 Å². The Hall–Kier alpha value is -2.97. The summed E-state index contributed by atoms with van der Waals surface area (Å²) in [6, 6.07) is 2.81. The van der Waals surface area contributed by atoms with Crippen molar-refractivity contribution in [3.8, 4) is 5.75 Å². The highest BCUT2D eigenvalue weighted by Crippen LogP contribution is 2.19. The highest BCUT2D eigenvalue weighted by Gasteiger charge is 2.18. The number of nitrogens with one attached hydrogen (secondary N) is 2. The lowest BCUT2D eigenvalue weighted by atomic mass is 10.3. The molecule has 0 aliphatic carbocycles. The first-order valence-electron chi connectivity index (χ1n) is 7.04. The lowest BCUT2D eigenvalue weighted by Gasteiger charge is -2.14. The number of halogens is 2. The summed E-state index contributed by atoms with van der Waals surface area (Å²) in [5.74, 6) is -2.64. The molecule has 128 valence electrons. The minimum atomic E-state index is -1.02. The molecule has 0 fully saturated rings. The molecule has 0 saturated heterocycles. The zero-order valence-electron chi connectivity index (χ0n) is 13.0. The summed E-state index contributed by atoms with van der Waals surface area (Å²) in [7, 11) is 1.50. The second-order valence-electron chi connectivity index (χ2n) is 4.92. The molecular formula is C15H16F2N4O3. The minimum absolute atomic E-state index is 0.0131. The zero-order valence-corrected chi connectivity index (χ0v) is 13.0. The Morgan fingerprint density at radius 1 is 1.38 bits per heavy atom. The molecular weight excluding hydrogens is 322 g/mol. The number of likely N-dealkylation sites (N-methyl/N-ethyl adjacent to an activating group) is 1. The predicted octanol–water partition coefficient (Wildman–Crippen LogP) is 1.31. The summed E-state index contributed by atoms with van der Waals surface area (Å²) < 4.78 is 32.9. The summed E-state index contributed by atoms with van der Waals surface area (Å²) in [4.78, 5) is 23.3. The Bertz CT molecular complexity index is 748.